The number of benzene rings is 1. The second kappa shape index (κ2) is 3.85. The van der Waals surface area contributed by atoms with Crippen LogP contribution in [0.25, 0.3) is 11.1 Å². The number of hydrogen-bond donors (Lipinski definition) is 2. The fraction of sp³-hybridized carbons (Fsp3) is 0.154. The molecule has 2 aromatic rings. The Morgan fingerprint density at radius 2 is 1.88 bits per heavy atom. The lowest BCUT2D eigenvalue weighted by molar-refractivity contribution is 1.14. The molecule has 0 bridgehead atoms. The lowest BCUT2D eigenvalue weighted by Crippen LogP contribution is -2.06. The number of rotatable bonds is 1. The van der Waals surface area contributed by atoms with Crippen molar-refractivity contribution in [2.75, 3.05) is 5.73 Å². The Morgan fingerprint density at radius 1 is 1.12 bits per heavy atom. The van der Waals surface area contributed by atoms with Crippen LogP contribution in [0.3, 0.4) is 0 Å². The average molecular weight is 214 g/mol. The number of aromatic nitrogens is 1. The summed E-state index contributed by atoms with van der Waals surface area (Å²) in [6.45, 7) is 3.87. The van der Waals surface area contributed by atoms with Crippen molar-refractivity contribution >= 4 is 5.69 Å². The van der Waals surface area contributed by atoms with E-state index in [1.54, 1.807) is 6.07 Å². The van der Waals surface area contributed by atoms with Gasteiger partial charge in [0, 0.05) is 17.4 Å². The van der Waals surface area contributed by atoms with Gasteiger partial charge in [-0.15, -0.1) is 0 Å². The van der Waals surface area contributed by atoms with Crippen molar-refractivity contribution in [2.45, 2.75) is 13.8 Å². The van der Waals surface area contributed by atoms with E-state index in [-0.39, 0.29) is 5.56 Å². The Balaban J connectivity index is 2.66. The summed E-state index contributed by atoms with van der Waals surface area (Å²) in [6, 6.07) is 9.25. The molecule has 0 atom stereocenters. The van der Waals surface area contributed by atoms with Crippen LogP contribution >= 0.6 is 0 Å². The summed E-state index contributed by atoms with van der Waals surface area (Å²) in [5.41, 5.74) is 10.3. The van der Waals surface area contributed by atoms with Gasteiger partial charge in [0.2, 0.25) is 5.56 Å². The van der Waals surface area contributed by atoms with Crippen LogP contribution in [0, 0.1) is 13.8 Å². The molecule has 1 aromatic carbocycles. The van der Waals surface area contributed by atoms with Crippen molar-refractivity contribution in [3.8, 4) is 11.1 Å². The van der Waals surface area contributed by atoms with Gasteiger partial charge in [-0.1, -0.05) is 6.07 Å². The fourth-order valence-corrected chi connectivity index (χ4v) is 1.79. The van der Waals surface area contributed by atoms with E-state index in [1.165, 1.54) is 0 Å². The third kappa shape index (κ3) is 1.98. The second-order valence-corrected chi connectivity index (χ2v) is 3.99. The molecule has 0 radical (unpaired) electrons. The van der Waals surface area contributed by atoms with Crippen LogP contribution < -0.4 is 11.3 Å². The highest BCUT2D eigenvalue weighted by atomic mass is 16.1. The van der Waals surface area contributed by atoms with Gasteiger partial charge in [-0.25, -0.2) is 0 Å². The Kier molecular flexibility index (Phi) is 2.52. The first-order valence-electron chi connectivity index (χ1n) is 5.14. The van der Waals surface area contributed by atoms with Crippen LogP contribution in [0.2, 0.25) is 0 Å². The quantitative estimate of drug-likeness (QED) is 0.715. The maximum absolute atomic E-state index is 11.4. The van der Waals surface area contributed by atoms with E-state index in [2.05, 4.69) is 4.98 Å². The number of aryl methyl sites for hydroxylation is 2. The molecular formula is C13H14N2O. The molecule has 0 amide bonds. The highest BCUT2D eigenvalue weighted by molar-refractivity contribution is 5.70. The lowest BCUT2D eigenvalue weighted by Gasteiger charge is -2.07. The summed E-state index contributed by atoms with van der Waals surface area (Å²) in [5, 5.41) is 0. The van der Waals surface area contributed by atoms with E-state index in [0.717, 1.165) is 22.4 Å². The summed E-state index contributed by atoms with van der Waals surface area (Å²) in [4.78, 5) is 14.1. The molecule has 0 saturated heterocycles. The van der Waals surface area contributed by atoms with E-state index in [4.69, 9.17) is 5.73 Å². The lowest BCUT2D eigenvalue weighted by atomic mass is 10.0. The number of H-pyrrole nitrogens is 1. The Bertz CT molecular complexity index is 585. The number of anilines is 1. The molecule has 3 N–H and O–H groups in total. The van der Waals surface area contributed by atoms with Gasteiger partial charge in [0.25, 0.3) is 0 Å². The molecule has 3 nitrogen and oxygen atoms in total. The number of pyridine rings is 1. The van der Waals surface area contributed by atoms with Gasteiger partial charge in [-0.3, -0.25) is 4.79 Å². The first-order chi connectivity index (χ1) is 7.56. The fourth-order valence-electron chi connectivity index (χ4n) is 1.79. The molecule has 0 fully saturated rings. The zero-order valence-corrected chi connectivity index (χ0v) is 9.37. The van der Waals surface area contributed by atoms with Gasteiger partial charge in [-0.05, 0) is 48.7 Å². The third-order valence-electron chi connectivity index (χ3n) is 2.55. The number of hydrogen-bond acceptors (Lipinski definition) is 2. The third-order valence-corrected chi connectivity index (χ3v) is 2.55. The molecule has 1 heterocycles. The van der Waals surface area contributed by atoms with Crippen LogP contribution in [0.4, 0.5) is 5.69 Å². The van der Waals surface area contributed by atoms with Crippen molar-refractivity contribution in [3.63, 3.8) is 0 Å². The van der Waals surface area contributed by atoms with Crippen molar-refractivity contribution in [2.24, 2.45) is 0 Å². The van der Waals surface area contributed by atoms with Crippen LogP contribution in [-0.4, -0.2) is 4.98 Å². The minimum Gasteiger partial charge on any atom is -0.399 e. The minimum atomic E-state index is -0.0863. The van der Waals surface area contributed by atoms with Crippen LogP contribution in [0.1, 0.15) is 11.3 Å². The van der Waals surface area contributed by atoms with Gasteiger partial charge in [0.05, 0.1) is 0 Å². The predicted octanol–water partition coefficient (Wildman–Crippen LogP) is 2.24. The zero-order valence-electron chi connectivity index (χ0n) is 9.37. The first kappa shape index (κ1) is 10.5. The molecule has 0 saturated carbocycles. The number of nitrogens with two attached hydrogens (primary N) is 1. The van der Waals surface area contributed by atoms with Crippen molar-refractivity contribution in [1.29, 1.82) is 0 Å². The maximum atomic E-state index is 11.4. The molecule has 3 heteroatoms. The van der Waals surface area contributed by atoms with E-state index >= 15 is 0 Å². The number of aromatic amines is 1. The topological polar surface area (TPSA) is 58.9 Å². The molecule has 0 spiro atoms. The van der Waals surface area contributed by atoms with Gasteiger partial charge >= 0.3 is 0 Å². The molecular weight excluding hydrogens is 200 g/mol. The molecule has 0 unspecified atom stereocenters. The van der Waals surface area contributed by atoms with E-state index in [9.17, 15) is 4.79 Å². The van der Waals surface area contributed by atoms with Gasteiger partial charge < -0.3 is 10.7 Å². The highest BCUT2D eigenvalue weighted by Gasteiger charge is 2.04. The Morgan fingerprint density at radius 3 is 2.56 bits per heavy atom. The van der Waals surface area contributed by atoms with Crippen molar-refractivity contribution < 1.29 is 0 Å². The SMILES string of the molecule is Cc1cc(-c2cc(N)ccc2C)cc(=O)[nH]1. The molecule has 2 rings (SSSR count). The summed E-state index contributed by atoms with van der Waals surface area (Å²) < 4.78 is 0. The zero-order chi connectivity index (χ0) is 11.7. The standard InChI is InChI=1S/C13H14N2O/c1-8-3-4-11(14)7-12(8)10-5-9(2)15-13(16)6-10/h3-7H,14H2,1-2H3,(H,15,16). The summed E-state index contributed by atoms with van der Waals surface area (Å²) in [5.74, 6) is 0. The monoisotopic (exact) mass is 214 g/mol. The van der Waals surface area contributed by atoms with E-state index < -0.39 is 0 Å². The van der Waals surface area contributed by atoms with Crippen LogP contribution in [-0.2, 0) is 0 Å². The van der Waals surface area contributed by atoms with E-state index in [0.29, 0.717) is 5.69 Å². The molecule has 16 heavy (non-hydrogen) atoms. The van der Waals surface area contributed by atoms with Gasteiger partial charge in [-0.2, -0.15) is 0 Å². The Hall–Kier alpha value is -2.03. The Labute approximate surface area is 93.9 Å². The van der Waals surface area contributed by atoms with E-state index in [1.807, 2.05) is 38.1 Å². The van der Waals surface area contributed by atoms with Crippen LogP contribution in [0.5, 0.6) is 0 Å². The van der Waals surface area contributed by atoms with Crippen molar-refractivity contribution in [3.05, 3.63) is 51.9 Å². The smallest absolute Gasteiger partial charge is 0.248 e. The van der Waals surface area contributed by atoms with Crippen LogP contribution in [0.15, 0.2) is 35.1 Å². The van der Waals surface area contributed by atoms with Gasteiger partial charge in [0.15, 0.2) is 0 Å². The predicted molar refractivity (Wildman–Crippen MR) is 66.4 cm³/mol. The molecule has 0 aliphatic rings. The molecule has 0 aliphatic carbocycles. The summed E-state index contributed by atoms with van der Waals surface area (Å²) >= 11 is 0. The normalized spacial score (nSPS) is 10.4. The largest absolute Gasteiger partial charge is 0.399 e. The maximum Gasteiger partial charge on any atom is 0.248 e. The molecule has 0 aliphatic heterocycles. The molecule has 82 valence electrons. The first-order valence-corrected chi connectivity index (χ1v) is 5.14. The molecule has 1 aromatic heterocycles. The minimum absolute atomic E-state index is 0.0863. The average Bonchev–Trinajstić information content (AvgIpc) is 2.20. The number of nitrogen functional groups attached to an aromatic ring is 1. The summed E-state index contributed by atoms with van der Waals surface area (Å²) in [7, 11) is 0. The van der Waals surface area contributed by atoms with Gasteiger partial charge in [0.1, 0.15) is 0 Å². The number of nitrogens with one attached hydrogen (secondary N) is 1. The highest BCUT2D eigenvalue weighted by Crippen LogP contribution is 2.24. The summed E-state index contributed by atoms with van der Waals surface area (Å²) in [6.07, 6.45) is 0. The second-order valence-electron chi connectivity index (χ2n) is 3.99. The van der Waals surface area contributed by atoms with Crippen molar-refractivity contribution in [1.82, 2.24) is 4.98 Å².